The van der Waals surface area contributed by atoms with Gasteiger partial charge in [0, 0.05) is 23.5 Å². The molecule has 0 spiro atoms. The van der Waals surface area contributed by atoms with E-state index in [0.29, 0.717) is 28.3 Å². The van der Waals surface area contributed by atoms with Crippen LogP contribution in [-0.4, -0.2) is 6.36 Å². The van der Waals surface area contributed by atoms with Crippen molar-refractivity contribution >= 4 is 11.4 Å². The molecule has 0 amide bonds. The van der Waals surface area contributed by atoms with Crippen molar-refractivity contribution in [2.24, 2.45) is 0 Å². The molecule has 1 aromatic carbocycles. The van der Waals surface area contributed by atoms with E-state index in [-0.39, 0.29) is 5.76 Å². The van der Waals surface area contributed by atoms with E-state index < -0.39 is 12.1 Å². The van der Waals surface area contributed by atoms with Crippen LogP contribution >= 0.6 is 0 Å². The van der Waals surface area contributed by atoms with E-state index in [1.54, 1.807) is 18.2 Å². The summed E-state index contributed by atoms with van der Waals surface area (Å²) in [5.74, 6) is 0.127. The number of nitrogens with two attached hydrogens (primary N) is 2. The molecular weight excluding hydrogens is 345 g/mol. The molecule has 4 nitrogen and oxygen atoms in total. The molecule has 0 unspecified atom stereocenters. The Morgan fingerprint density at radius 2 is 1.27 bits per heavy atom. The number of anilines is 2. The van der Waals surface area contributed by atoms with E-state index >= 15 is 0 Å². The van der Waals surface area contributed by atoms with Gasteiger partial charge in [-0.3, -0.25) is 0 Å². The van der Waals surface area contributed by atoms with Crippen molar-refractivity contribution in [1.82, 2.24) is 0 Å². The molecule has 0 saturated carbocycles. The largest absolute Gasteiger partial charge is 0.573 e. The van der Waals surface area contributed by atoms with Crippen molar-refractivity contribution in [3.05, 3.63) is 91.5 Å². The van der Waals surface area contributed by atoms with Gasteiger partial charge < -0.3 is 20.9 Å². The molecule has 26 heavy (non-hydrogen) atoms. The third-order valence-corrected chi connectivity index (χ3v) is 2.80. The van der Waals surface area contributed by atoms with Gasteiger partial charge in [0.25, 0.3) is 0 Å². The van der Waals surface area contributed by atoms with Crippen LogP contribution in [0, 0.1) is 0 Å². The Morgan fingerprint density at radius 1 is 0.808 bits per heavy atom. The molecule has 0 saturated heterocycles. The molecule has 0 aliphatic carbocycles. The molecule has 1 aromatic rings. The van der Waals surface area contributed by atoms with Gasteiger partial charge in [-0.2, -0.15) is 0 Å². The first-order valence-electron chi connectivity index (χ1n) is 7.18. The lowest BCUT2D eigenvalue weighted by atomic mass is 10.1. The molecule has 0 aliphatic heterocycles. The van der Waals surface area contributed by atoms with Crippen LogP contribution in [0.15, 0.2) is 91.5 Å². The lowest BCUT2D eigenvalue weighted by molar-refractivity contribution is -0.303. The summed E-state index contributed by atoms with van der Waals surface area (Å²) in [5, 5.41) is 0. The molecule has 0 radical (unpaired) electrons. The number of hydrogen-bond acceptors (Lipinski definition) is 4. The van der Waals surface area contributed by atoms with Gasteiger partial charge in [-0.15, -0.1) is 13.2 Å². The fourth-order valence-corrected chi connectivity index (χ4v) is 1.67. The first-order valence-corrected chi connectivity index (χ1v) is 7.18. The summed E-state index contributed by atoms with van der Waals surface area (Å²) in [6, 6.07) is 4.75. The highest BCUT2D eigenvalue weighted by Crippen LogP contribution is 2.23. The predicted molar refractivity (Wildman–Crippen MR) is 97.9 cm³/mol. The second kappa shape index (κ2) is 8.66. The van der Waals surface area contributed by atoms with Crippen LogP contribution in [0.3, 0.4) is 0 Å². The zero-order valence-electron chi connectivity index (χ0n) is 14.0. The topological polar surface area (TPSA) is 70.5 Å². The third kappa shape index (κ3) is 7.96. The summed E-state index contributed by atoms with van der Waals surface area (Å²) < 4.78 is 45.2. The van der Waals surface area contributed by atoms with Crippen LogP contribution < -0.4 is 16.2 Å². The highest BCUT2D eigenvalue weighted by atomic mass is 19.4. The highest BCUT2D eigenvalue weighted by molar-refractivity contribution is 5.57. The van der Waals surface area contributed by atoms with E-state index in [1.165, 1.54) is 18.2 Å². The van der Waals surface area contributed by atoms with Crippen LogP contribution in [0.2, 0.25) is 0 Å². The predicted octanol–water partition coefficient (Wildman–Crippen LogP) is 5.02. The summed E-state index contributed by atoms with van der Waals surface area (Å²) >= 11 is 0. The van der Waals surface area contributed by atoms with Crippen molar-refractivity contribution in [3.8, 4) is 5.75 Å². The molecule has 0 bridgehead atoms. The summed E-state index contributed by atoms with van der Waals surface area (Å²) in [4.78, 5) is 0. The van der Waals surface area contributed by atoms with Crippen LogP contribution in [0.5, 0.6) is 5.75 Å². The maximum Gasteiger partial charge on any atom is 0.573 e. The molecule has 0 heterocycles. The van der Waals surface area contributed by atoms with Crippen LogP contribution in [0.1, 0.15) is 0 Å². The first-order chi connectivity index (χ1) is 12.0. The Labute approximate surface area is 149 Å². The standard InChI is InChI=1S/C19H19F3N2O2/c1-12(13(2)6-8-15(4)26-19(20,21)22)5-7-14(3)25-18-10-16(23)9-17(24)11-18/h5-11H,1-4,23-24H2/b7-5-,8-6-. The Hall–Kier alpha value is -3.35. The maximum atomic E-state index is 12.0. The Bertz CT molecular complexity index is 770. The first kappa shape index (κ1) is 20.7. The number of rotatable bonds is 8. The van der Waals surface area contributed by atoms with E-state index in [1.807, 2.05) is 0 Å². The smallest absolute Gasteiger partial charge is 0.458 e. The number of hydrogen-bond donors (Lipinski definition) is 2. The SMILES string of the molecule is C=C(/C=C\C(=C)C(=C)/C=C\C(=C)OC(F)(F)F)Oc1cc(N)cc(N)c1. The Morgan fingerprint density at radius 3 is 1.73 bits per heavy atom. The van der Waals surface area contributed by atoms with E-state index in [9.17, 15) is 13.2 Å². The number of ether oxygens (including phenoxy) is 2. The monoisotopic (exact) mass is 364 g/mol. The van der Waals surface area contributed by atoms with Gasteiger partial charge in [-0.1, -0.05) is 38.5 Å². The van der Waals surface area contributed by atoms with Gasteiger partial charge in [0.15, 0.2) is 0 Å². The molecule has 4 N–H and O–H groups in total. The van der Waals surface area contributed by atoms with Crippen LogP contribution in [0.25, 0.3) is 0 Å². The summed E-state index contributed by atoms with van der Waals surface area (Å²) in [7, 11) is 0. The number of benzene rings is 1. The lowest BCUT2D eigenvalue weighted by Crippen LogP contribution is -2.11. The zero-order chi connectivity index (χ0) is 19.9. The Kier molecular flexibility index (Phi) is 6.89. The summed E-state index contributed by atoms with van der Waals surface area (Å²) in [6.45, 7) is 14.3. The van der Waals surface area contributed by atoms with Gasteiger partial charge in [-0.05, 0) is 29.4 Å². The quantitative estimate of drug-likeness (QED) is 0.386. The lowest BCUT2D eigenvalue weighted by Gasteiger charge is -2.08. The number of halogens is 3. The van der Waals surface area contributed by atoms with Crippen molar-refractivity contribution in [3.63, 3.8) is 0 Å². The van der Waals surface area contributed by atoms with Crippen molar-refractivity contribution in [2.45, 2.75) is 6.36 Å². The van der Waals surface area contributed by atoms with Gasteiger partial charge in [0.1, 0.15) is 17.3 Å². The molecule has 0 aliphatic rings. The average molecular weight is 364 g/mol. The summed E-state index contributed by atoms with van der Waals surface area (Å²) in [6.07, 6.45) is 0.595. The molecule has 1 rings (SSSR count). The van der Waals surface area contributed by atoms with E-state index in [0.717, 1.165) is 6.08 Å². The van der Waals surface area contributed by atoms with Gasteiger partial charge in [0.2, 0.25) is 0 Å². The molecule has 0 atom stereocenters. The van der Waals surface area contributed by atoms with Crippen molar-refractivity contribution < 1.29 is 22.6 Å². The zero-order valence-corrected chi connectivity index (χ0v) is 14.0. The second-order valence-corrected chi connectivity index (χ2v) is 5.14. The fourth-order valence-electron chi connectivity index (χ4n) is 1.67. The Balaban J connectivity index is 2.61. The number of allylic oxidation sites excluding steroid dienone is 6. The fraction of sp³-hybridized carbons (Fsp3) is 0.0526. The average Bonchev–Trinajstić information content (AvgIpc) is 2.47. The van der Waals surface area contributed by atoms with Crippen LogP contribution in [-0.2, 0) is 4.74 Å². The van der Waals surface area contributed by atoms with Crippen molar-refractivity contribution in [1.29, 1.82) is 0 Å². The molecule has 7 heteroatoms. The second-order valence-electron chi connectivity index (χ2n) is 5.14. The normalized spacial score (nSPS) is 11.5. The summed E-state index contributed by atoms with van der Waals surface area (Å²) in [5.41, 5.74) is 13.0. The molecule has 0 aromatic heterocycles. The maximum absolute atomic E-state index is 12.0. The molecule has 0 fully saturated rings. The van der Waals surface area contributed by atoms with Gasteiger partial charge in [-0.25, -0.2) is 0 Å². The third-order valence-electron chi connectivity index (χ3n) is 2.80. The minimum Gasteiger partial charge on any atom is -0.458 e. The van der Waals surface area contributed by atoms with Gasteiger partial charge in [0.05, 0.1) is 0 Å². The van der Waals surface area contributed by atoms with E-state index in [4.69, 9.17) is 16.2 Å². The van der Waals surface area contributed by atoms with Crippen LogP contribution in [0.4, 0.5) is 24.5 Å². The van der Waals surface area contributed by atoms with Gasteiger partial charge >= 0.3 is 6.36 Å². The number of alkyl halides is 3. The molecule has 138 valence electrons. The minimum atomic E-state index is -4.79. The van der Waals surface area contributed by atoms with E-state index in [2.05, 4.69) is 31.1 Å². The number of nitrogen functional groups attached to an aromatic ring is 2. The van der Waals surface area contributed by atoms with Crippen molar-refractivity contribution in [2.75, 3.05) is 11.5 Å². The molecular formula is C19H19F3N2O2. The highest BCUT2D eigenvalue weighted by Gasteiger charge is 2.30. The minimum absolute atomic E-state index is 0.276.